The predicted molar refractivity (Wildman–Crippen MR) is 104 cm³/mol. The highest BCUT2D eigenvalue weighted by Gasteiger charge is 2.10. The molecule has 0 fully saturated rings. The third kappa shape index (κ3) is 5.31. The molecule has 1 aromatic heterocycles. The van der Waals surface area contributed by atoms with Crippen LogP contribution in [0.25, 0.3) is 0 Å². The van der Waals surface area contributed by atoms with E-state index in [-0.39, 0.29) is 18.9 Å². The molecule has 27 heavy (non-hydrogen) atoms. The molecule has 0 aliphatic carbocycles. The molecule has 1 amide bonds. The second kappa shape index (κ2) is 8.68. The zero-order valence-electron chi connectivity index (χ0n) is 15.3. The molecule has 2 N–H and O–H groups in total. The maximum absolute atomic E-state index is 12.1. The van der Waals surface area contributed by atoms with E-state index in [0.29, 0.717) is 23.2 Å². The molecule has 6 nitrogen and oxygen atoms in total. The van der Waals surface area contributed by atoms with E-state index in [1.165, 1.54) is 0 Å². The van der Waals surface area contributed by atoms with Gasteiger partial charge in [-0.3, -0.25) is 9.89 Å². The van der Waals surface area contributed by atoms with Crippen LogP contribution in [-0.2, 0) is 24.4 Å². The number of amides is 1. The van der Waals surface area contributed by atoms with E-state index in [2.05, 4.69) is 20.5 Å². The Morgan fingerprint density at radius 2 is 2.04 bits per heavy atom. The summed E-state index contributed by atoms with van der Waals surface area (Å²) in [7, 11) is 0. The van der Waals surface area contributed by atoms with Crippen LogP contribution < -0.4 is 10.1 Å². The van der Waals surface area contributed by atoms with Gasteiger partial charge in [0, 0.05) is 11.6 Å². The summed E-state index contributed by atoms with van der Waals surface area (Å²) in [5, 5.41) is 10.3. The van der Waals surface area contributed by atoms with Crippen LogP contribution in [0.4, 0.5) is 0 Å². The highest BCUT2D eigenvalue weighted by atomic mass is 35.5. The number of hydrogen-bond acceptors (Lipinski definition) is 4. The first kappa shape index (κ1) is 18.9. The largest absolute Gasteiger partial charge is 0.485 e. The van der Waals surface area contributed by atoms with Crippen molar-refractivity contribution in [2.45, 2.75) is 33.4 Å². The monoisotopic (exact) mass is 384 g/mol. The highest BCUT2D eigenvalue weighted by molar-refractivity contribution is 6.31. The van der Waals surface area contributed by atoms with Crippen molar-refractivity contribution in [3.8, 4) is 5.75 Å². The number of carbonyl (C=O) groups is 1. The topological polar surface area (TPSA) is 79.9 Å². The predicted octanol–water partition coefficient (Wildman–Crippen LogP) is 3.51. The van der Waals surface area contributed by atoms with Crippen molar-refractivity contribution in [1.82, 2.24) is 20.5 Å². The van der Waals surface area contributed by atoms with E-state index in [4.69, 9.17) is 16.3 Å². The van der Waals surface area contributed by atoms with E-state index in [9.17, 15) is 4.79 Å². The van der Waals surface area contributed by atoms with Crippen molar-refractivity contribution in [3.05, 3.63) is 75.8 Å². The highest BCUT2D eigenvalue weighted by Crippen LogP contribution is 2.20. The number of nitrogens with zero attached hydrogens (tertiary/aromatic N) is 2. The molecule has 0 atom stereocenters. The number of aromatic nitrogens is 3. The van der Waals surface area contributed by atoms with Gasteiger partial charge in [-0.2, -0.15) is 5.10 Å². The number of carbonyl (C=O) groups excluding carboxylic acids is 1. The first-order valence-electron chi connectivity index (χ1n) is 8.61. The number of ether oxygens (including phenoxy) is 1. The third-order valence-corrected chi connectivity index (χ3v) is 4.41. The lowest BCUT2D eigenvalue weighted by atomic mass is 10.1. The molecule has 0 spiro atoms. The fourth-order valence-electron chi connectivity index (χ4n) is 2.53. The smallest absolute Gasteiger partial charge is 0.228 e. The van der Waals surface area contributed by atoms with Gasteiger partial charge >= 0.3 is 0 Å². The SMILES string of the molecule is Cc1ccc(C)c(OCc2nc(CC(=O)NCc3ccccc3Cl)n[nH]2)c1. The van der Waals surface area contributed by atoms with Gasteiger partial charge in [0.05, 0.1) is 6.42 Å². The Hall–Kier alpha value is -2.86. The van der Waals surface area contributed by atoms with E-state index in [0.717, 1.165) is 22.4 Å². The number of aromatic amines is 1. The summed E-state index contributed by atoms with van der Waals surface area (Å²) in [4.78, 5) is 16.4. The Labute approximate surface area is 162 Å². The fourth-order valence-corrected chi connectivity index (χ4v) is 2.73. The molecule has 140 valence electrons. The Bertz CT molecular complexity index is 939. The fraction of sp³-hybridized carbons (Fsp3) is 0.250. The lowest BCUT2D eigenvalue weighted by Gasteiger charge is -2.08. The van der Waals surface area contributed by atoms with Crippen LogP contribution in [0.2, 0.25) is 5.02 Å². The lowest BCUT2D eigenvalue weighted by Crippen LogP contribution is -2.25. The minimum absolute atomic E-state index is 0.0877. The minimum atomic E-state index is -0.170. The average Bonchev–Trinajstić information content (AvgIpc) is 3.09. The summed E-state index contributed by atoms with van der Waals surface area (Å²) < 4.78 is 5.79. The van der Waals surface area contributed by atoms with Crippen LogP contribution in [-0.4, -0.2) is 21.1 Å². The van der Waals surface area contributed by atoms with Gasteiger partial charge in [-0.15, -0.1) is 0 Å². The van der Waals surface area contributed by atoms with Crippen LogP contribution in [0.1, 0.15) is 28.3 Å². The number of nitrogens with one attached hydrogen (secondary N) is 2. The molecule has 7 heteroatoms. The molecule has 0 saturated carbocycles. The first-order chi connectivity index (χ1) is 13.0. The minimum Gasteiger partial charge on any atom is -0.485 e. The number of benzene rings is 2. The van der Waals surface area contributed by atoms with Crippen molar-refractivity contribution >= 4 is 17.5 Å². The van der Waals surface area contributed by atoms with Gasteiger partial charge in [0.25, 0.3) is 0 Å². The van der Waals surface area contributed by atoms with Gasteiger partial charge in [0.2, 0.25) is 5.91 Å². The second-order valence-corrected chi connectivity index (χ2v) is 6.71. The van der Waals surface area contributed by atoms with Crippen LogP contribution in [0.3, 0.4) is 0 Å². The van der Waals surface area contributed by atoms with E-state index in [1.807, 2.05) is 50.2 Å². The molecular weight excluding hydrogens is 364 g/mol. The maximum Gasteiger partial charge on any atom is 0.228 e. The number of H-pyrrole nitrogens is 1. The Balaban J connectivity index is 1.51. The zero-order chi connectivity index (χ0) is 19.2. The molecular formula is C20H21ClN4O2. The number of aryl methyl sites for hydroxylation is 2. The Kier molecular flexibility index (Phi) is 6.08. The molecule has 0 saturated heterocycles. The first-order valence-corrected chi connectivity index (χ1v) is 8.99. The molecule has 1 heterocycles. The van der Waals surface area contributed by atoms with Crippen molar-refractivity contribution in [3.63, 3.8) is 0 Å². The number of rotatable bonds is 7. The molecule has 0 aliphatic rings. The molecule has 2 aromatic carbocycles. The van der Waals surface area contributed by atoms with E-state index < -0.39 is 0 Å². The zero-order valence-corrected chi connectivity index (χ0v) is 16.0. The Morgan fingerprint density at radius 3 is 2.85 bits per heavy atom. The number of hydrogen-bond donors (Lipinski definition) is 2. The van der Waals surface area contributed by atoms with Crippen LogP contribution in [0.15, 0.2) is 42.5 Å². The lowest BCUT2D eigenvalue weighted by molar-refractivity contribution is -0.120. The molecule has 0 aliphatic heterocycles. The molecule has 0 radical (unpaired) electrons. The molecule has 3 aromatic rings. The summed E-state index contributed by atoms with van der Waals surface area (Å²) >= 11 is 6.08. The van der Waals surface area contributed by atoms with Crippen LogP contribution in [0.5, 0.6) is 5.75 Å². The van der Waals surface area contributed by atoms with Crippen molar-refractivity contribution in [2.24, 2.45) is 0 Å². The molecule has 0 bridgehead atoms. The Morgan fingerprint density at radius 1 is 1.22 bits per heavy atom. The summed E-state index contributed by atoms with van der Waals surface area (Å²) in [6.07, 6.45) is 0.0877. The maximum atomic E-state index is 12.1. The standard InChI is InChI=1S/C20H21ClN4O2/c1-13-7-8-14(2)17(9-13)27-12-19-23-18(24-25-19)10-20(26)22-11-15-5-3-4-6-16(15)21/h3-9H,10-12H2,1-2H3,(H,22,26)(H,23,24,25). The van der Waals surface area contributed by atoms with Crippen molar-refractivity contribution in [2.75, 3.05) is 0 Å². The average molecular weight is 385 g/mol. The molecule has 0 unspecified atom stereocenters. The summed E-state index contributed by atoms with van der Waals surface area (Å²) in [6.45, 7) is 4.63. The van der Waals surface area contributed by atoms with Crippen LogP contribution >= 0.6 is 11.6 Å². The van der Waals surface area contributed by atoms with E-state index in [1.54, 1.807) is 6.07 Å². The second-order valence-electron chi connectivity index (χ2n) is 6.30. The number of halogens is 1. The van der Waals surface area contributed by atoms with Gasteiger partial charge < -0.3 is 10.1 Å². The van der Waals surface area contributed by atoms with Gasteiger partial charge in [-0.25, -0.2) is 4.98 Å². The quantitative estimate of drug-likeness (QED) is 0.653. The molecule has 3 rings (SSSR count). The van der Waals surface area contributed by atoms with Crippen LogP contribution in [0, 0.1) is 13.8 Å². The summed E-state index contributed by atoms with van der Waals surface area (Å²) in [5.41, 5.74) is 3.05. The van der Waals surface area contributed by atoms with Gasteiger partial charge in [0.1, 0.15) is 12.4 Å². The summed E-state index contributed by atoms with van der Waals surface area (Å²) in [5.74, 6) is 1.64. The third-order valence-electron chi connectivity index (χ3n) is 4.04. The van der Waals surface area contributed by atoms with Gasteiger partial charge in [0.15, 0.2) is 11.6 Å². The normalized spacial score (nSPS) is 10.6. The summed E-state index contributed by atoms with van der Waals surface area (Å²) in [6, 6.07) is 13.4. The van der Waals surface area contributed by atoms with Crippen molar-refractivity contribution < 1.29 is 9.53 Å². The van der Waals surface area contributed by atoms with E-state index >= 15 is 0 Å². The van der Waals surface area contributed by atoms with Crippen molar-refractivity contribution in [1.29, 1.82) is 0 Å². The van der Waals surface area contributed by atoms with Gasteiger partial charge in [-0.1, -0.05) is 41.9 Å². The van der Waals surface area contributed by atoms with Gasteiger partial charge in [-0.05, 0) is 42.7 Å².